The van der Waals surface area contributed by atoms with E-state index in [9.17, 15) is 4.39 Å². The molecule has 0 atom stereocenters. The highest BCUT2D eigenvalue weighted by Gasteiger charge is 2.13. The van der Waals surface area contributed by atoms with Gasteiger partial charge in [0, 0.05) is 24.5 Å². The van der Waals surface area contributed by atoms with Crippen molar-refractivity contribution in [2.45, 2.75) is 20.3 Å². The highest BCUT2D eigenvalue weighted by atomic mass is 35.5. The number of pyridine rings is 1. The molecule has 0 radical (unpaired) electrons. The predicted molar refractivity (Wildman–Crippen MR) is 69.8 cm³/mol. The van der Waals surface area contributed by atoms with E-state index in [-0.39, 0.29) is 5.69 Å². The van der Waals surface area contributed by atoms with Crippen molar-refractivity contribution in [1.82, 2.24) is 4.98 Å². The van der Waals surface area contributed by atoms with E-state index < -0.39 is 5.82 Å². The first-order valence-corrected chi connectivity index (χ1v) is 5.62. The fourth-order valence-electron chi connectivity index (χ4n) is 1.42. The van der Waals surface area contributed by atoms with Crippen LogP contribution in [0.3, 0.4) is 0 Å². The molecule has 92 valence electrons. The molecule has 17 heavy (non-hydrogen) atoms. The molecule has 0 saturated carbocycles. The number of rotatable bonds is 3. The van der Waals surface area contributed by atoms with Crippen LogP contribution in [0, 0.1) is 5.82 Å². The van der Waals surface area contributed by atoms with Crippen molar-refractivity contribution in [3.8, 4) is 0 Å². The Kier molecular flexibility index (Phi) is 4.63. The number of hydrogen-bond donors (Lipinski definition) is 1. The maximum absolute atomic E-state index is 13.9. The molecule has 2 N–H and O–H groups in total. The molecule has 3 nitrogen and oxygen atoms in total. The Labute approximate surface area is 105 Å². The summed E-state index contributed by atoms with van der Waals surface area (Å²) in [4.78, 5) is 7.88. The fraction of sp³-hybridized carbons (Fsp3) is 0.333. The van der Waals surface area contributed by atoms with Crippen LogP contribution in [0.5, 0.6) is 0 Å². The van der Waals surface area contributed by atoms with Gasteiger partial charge in [0.05, 0.1) is 0 Å². The Bertz CT molecular complexity index is 477. The predicted octanol–water partition coefficient (Wildman–Crippen LogP) is 2.83. The lowest BCUT2D eigenvalue weighted by atomic mass is 10.1. The molecule has 0 saturated heterocycles. The Morgan fingerprint density at radius 2 is 2.29 bits per heavy atom. The molecule has 1 heterocycles. The lowest BCUT2D eigenvalue weighted by Crippen LogP contribution is -2.05. The topological polar surface area (TPSA) is 51.3 Å². The van der Waals surface area contributed by atoms with Gasteiger partial charge >= 0.3 is 0 Å². The summed E-state index contributed by atoms with van der Waals surface area (Å²) < 4.78 is 13.9. The summed E-state index contributed by atoms with van der Waals surface area (Å²) in [5, 5.41) is 0.298. The zero-order valence-electron chi connectivity index (χ0n) is 10.1. The molecule has 0 aliphatic rings. The number of hydrogen-bond acceptors (Lipinski definition) is 3. The van der Waals surface area contributed by atoms with Crippen LogP contribution in [-0.2, 0) is 6.42 Å². The molecule has 0 aliphatic heterocycles. The highest BCUT2D eigenvalue weighted by molar-refractivity contribution is 6.30. The molecule has 0 aliphatic carbocycles. The van der Waals surface area contributed by atoms with Crippen LogP contribution in [0.4, 0.5) is 4.39 Å². The quantitative estimate of drug-likeness (QED) is 0.667. The molecule has 1 rings (SSSR count). The zero-order chi connectivity index (χ0) is 13.0. The second-order valence-corrected chi connectivity index (χ2v) is 3.96. The average Bonchev–Trinajstić information content (AvgIpc) is 2.28. The Morgan fingerprint density at radius 1 is 1.65 bits per heavy atom. The van der Waals surface area contributed by atoms with Gasteiger partial charge in [0.25, 0.3) is 0 Å². The Balaban J connectivity index is 3.41. The van der Waals surface area contributed by atoms with E-state index in [0.29, 0.717) is 28.4 Å². The second-order valence-electron chi connectivity index (χ2n) is 3.61. The van der Waals surface area contributed by atoms with E-state index in [1.807, 2.05) is 6.92 Å². The molecule has 0 amide bonds. The van der Waals surface area contributed by atoms with Crippen LogP contribution in [0.2, 0.25) is 5.15 Å². The molecule has 1 aromatic heterocycles. The van der Waals surface area contributed by atoms with E-state index in [2.05, 4.69) is 9.98 Å². The molecular formula is C12H15ClFN3. The van der Waals surface area contributed by atoms with Gasteiger partial charge in [-0.15, -0.1) is 0 Å². The van der Waals surface area contributed by atoms with E-state index in [1.54, 1.807) is 14.0 Å². The summed E-state index contributed by atoms with van der Waals surface area (Å²) in [5.74, 6) is -0.439. The monoisotopic (exact) mass is 255 g/mol. The third-order valence-corrected chi connectivity index (χ3v) is 2.65. The lowest BCUT2D eigenvalue weighted by Gasteiger charge is -2.08. The fourth-order valence-corrected chi connectivity index (χ4v) is 1.69. The number of allylic oxidation sites excluding steroid dienone is 2. The third-order valence-electron chi connectivity index (χ3n) is 2.32. The number of aryl methyl sites for hydroxylation is 1. The molecule has 0 bridgehead atoms. The number of nitrogens with zero attached hydrogens (tertiary/aromatic N) is 2. The molecule has 0 aromatic carbocycles. The van der Waals surface area contributed by atoms with E-state index in [4.69, 9.17) is 17.3 Å². The van der Waals surface area contributed by atoms with Gasteiger partial charge in [0.15, 0.2) is 0 Å². The van der Waals surface area contributed by atoms with E-state index in [0.717, 1.165) is 0 Å². The molecule has 1 aromatic rings. The van der Waals surface area contributed by atoms with Gasteiger partial charge in [0.1, 0.15) is 16.7 Å². The number of nitrogens with two attached hydrogens (primary N) is 1. The van der Waals surface area contributed by atoms with Crippen LogP contribution >= 0.6 is 11.6 Å². The van der Waals surface area contributed by atoms with Crippen LogP contribution in [-0.4, -0.2) is 18.2 Å². The van der Waals surface area contributed by atoms with Gasteiger partial charge in [-0.3, -0.25) is 4.99 Å². The molecule has 0 fully saturated rings. The summed E-state index contributed by atoms with van der Waals surface area (Å²) in [6.07, 6.45) is 2.11. The number of aliphatic imine (C=N–C) groups is 1. The van der Waals surface area contributed by atoms with Gasteiger partial charge in [-0.1, -0.05) is 18.5 Å². The maximum Gasteiger partial charge on any atom is 0.149 e. The normalized spacial score (nSPS) is 13.0. The van der Waals surface area contributed by atoms with Crippen LogP contribution in [0.25, 0.3) is 5.57 Å². The van der Waals surface area contributed by atoms with Gasteiger partial charge < -0.3 is 5.73 Å². The standard InChI is InChI=1S/C12H15ClFN3/c1-4-8-5-10(14)11(17-12(8)13)9(6-16-3)7(2)15/h5-6H,4,15H2,1-3H3. The first-order valence-electron chi connectivity index (χ1n) is 5.25. The van der Waals surface area contributed by atoms with E-state index in [1.165, 1.54) is 12.3 Å². The van der Waals surface area contributed by atoms with Crippen molar-refractivity contribution in [2.75, 3.05) is 7.05 Å². The molecular weight excluding hydrogens is 241 g/mol. The molecule has 5 heteroatoms. The van der Waals surface area contributed by atoms with Crippen LogP contribution in [0.1, 0.15) is 25.1 Å². The average molecular weight is 256 g/mol. The lowest BCUT2D eigenvalue weighted by molar-refractivity contribution is 0.614. The van der Waals surface area contributed by atoms with Crippen molar-refractivity contribution >= 4 is 23.4 Å². The second kappa shape index (κ2) is 5.77. The van der Waals surface area contributed by atoms with Crippen molar-refractivity contribution in [2.24, 2.45) is 10.7 Å². The summed E-state index contributed by atoms with van der Waals surface area (Å²) in [6.45, 7) is 3.56. The first kappa shape index (κ1) is 13.6. The third kappa shape index (κ3) is 3.03. The highest BCUT2D eigenvalue weighted by Crippen LogP contribution is 2.22. The van der Waals surface area contributed by atoms with Crippen molar-refractivity contribution in [1.29, 1.82) is 0 Å². The van der Waals surface area contributed by atoms with Gasteiger partial charge in [0.2, 0.25) is 0 Å². The minimum atomic E-state index is -0.439. The smallest absolute Gasteiger partial charge is 0.149 e. The Hall–Kier alpha value is -1.42. The summed E-state index contributed by atoms with van der Waals surface area (Å²) in [5.41, 5.74) is 7.40. The maximum atomic E-state index is 13.9. The van der Waals surface area contributed by atoms with Gasteiger partial charge in [-0.25, -0.2) is 9.37 Å². The molecule has 0 spiro atoms. The van der Waals surface area contributed by atoms with Gasteiger partial charge in [-0.05, 0) is 25.0 Å². The van der Waals surface area contributed by atoms with Crippen LogP contribution in [0.15, 0.2) is 16.8 Å². The first-order chi connectivity index (χ1) is 8.01. The van der Waals surface area contributed by atoms with Gasteiger partial charge in [-0.2, -0.15) is 0 Å². The number of halogens is 2. The minimum absolute atomic E-state index is 0.137. The SMILES string of the molecule is CCc1cc(F)c(C(C=NC)=C(C)N)nc1Cl. The van der Waals surface area contributed by atoms with Crippen molar-refractivity contribution in [3.63, 3.8) is 0 Å². The summed E-state index contributed by atoms with van der Waals surface area (Å²) in [6, 6.07) is 1.39. The largest absolute Gasteiger partial charge is 0.402 e. The summed E-state index contributed by atoms with van der Waals surface area (Å²) in [7, 11) is 1.59. The van der Waals surface area contributed by atoms with Crippen molar-refractivity contribution < 1.29 is 4.39 Å². The zero-order valence-corrected chi connectivity index (χ0v) is 10.8. The van der Waals surface area contributed by atoms with E-state index >= 15 is 0 Å². The summed E-state index contributed by atoms with van der Waals surface area (Å²) >= 11 is 5.96. The van der Waals surface area contributed by atoms with Crippen molar-refractivity contribution in [3.05, 3.63) is 34.0 Å². The van der Waals surface area contributed by atoms with Crippen LogP contribution < -0.4 is 5.73 Å². The Morgan fingerprint density at radius 3 is 2.76 bits per heavy atom. The molecule has 0 unspecified atom stereocenters. The minimum Gasteiger partial charge on any atom is -0.402 e. The number of aromatic nitrogens is 1.